The molecule has 1 aromatic heterocycles. The summed E-state index contributed by atoms with van der Waals surface area (Å²) in [6, 6.07) is 1.02. The Morgan fingerprint density at radius 3 is 2.50 bits per heavy atom. The van der Waals surface area contributed by atoms with Crippen molar-refractivity contribution in [3.8, 4) is 0 Å². The van der Waals surface area contributed by atoms with Crippen LogP contribution in [0.4, 0.5) is 0 Å². The molecule has 0 amide bonds. The lowest BCUT2D eigenvalue weighted by Crippen LogP contribution is -2.38. The van der Waals surface area contributed by atoms with Crippen LogP contribution < -0.4 is 5.73 Å². The van der Waals surface area contributed by atoms with Gasteiger partial charge in [0.05, 0.1) is 16.4 Å². The Morgan fingerprint density at radius 1 is 1.30 bits per heavy atom. The van der Waals surface area contributed by atoms with E-state index in [0.717, 1.165) is 48.8 Å². The summed E-state index contributed by atoms with van der Waals surface area (Å²) < 4.78 is 2.05. The summed E-state index contributed by atoms with van der Waals surface area (Å²) in [5.41, 5.74) is 8.16. The number of aryl methyl sites for hydroxylation is 2. The Hall–Kier alpha value is -0.580. The van der Waals surface area contributed by atoms with Crippen molar-refractivity contribution in [1.29, 1.82) is 0 Å². The summed E-state index contributed by atoms with van der Waals surface area (Å²) >= 11 is 6.48. The fourth-order valence-electron chi connectivity index (χ4n) is 3.08. The van der Waals surface area contributed by atoms with Crippen LogP contribution in [0.15, 0.2) is 0 Å². The lowest BCUT2D eigenvalue weighted by Gasteiger charge is -2.33. The molecule has 2 rings (SSSR count). The van der Waals surface area contributed by atoms with E-state index >= 15 is 0 Å². The normalized spacial score (nSPS) is 23.5. The molecule has 0 radical (unpaired) electrons. The zero-order valence-corrected chi connectivity index (χ0v) is 13.7. The van der Waals surface area contributed by atoms with Gasteiger partial charge in [0.1, 0.15) is 0 Å². The van der Waals surface area contributed by atoms with Crippen molar-refractivity contribution >= 4 is 11.6 Å². The van der Waals surface area contributed by atoms with Gasteiger partial charge in [-0.15, -0.1) is 0 Å². The number of hydrogen-bond acceptors (Lipinski definition) is 3. The highest BCUT2D eigenvalue weighted by Gasteiger charge is 2.24. The zero-order valence-electron chi connectivity index (χ0n) is 12.9. The molecule has 0 aromatic carbocycles. The molecule has 2 N–H and O–H groups in total. The van der Waals surface area contributed by atoms with Crippen LogP contribution in [0.3, 0.4) is 0 Å². The van der Waals surface area contributed by atoms with Crippen LogP contribution in [-0.4, -0.2) is 33.8 Å². The molecule has 5 heteroatoms. The van der Waals surface area contributed by atoms with Gasteiger partial charge < -0.3 is 5.73 Å². The van der Waals surface area contributed by atoms with Crippen molar-refractivity contribution in [3.05, 3.63) is 16.4 Å². The number of rotatable bonds is 5. The molecule has 1 aliphatic rings. The second-order valence-electron chi connectivity index (χ2n) is 5.86. The van der Waals surface area contributed by atoms with Crippen molar-refractivity contribution in [2.24, 2.45) is 5.73 Å². The van der Waals surface area contributed by atoms with E-state index in [0.29, 0.717) is 12.1 Å². The predicted octanol–water partition coefficient (Wildman–Crippen LogP) is 2.82. The van der Waals surface area contributed by atoms with E-state index < -0.39 is 0 Å². The average Bonchev–Trinajstić information content (AvgIpc) is 2.76. The first-order valence-corrected chi connectivity index (χ1v) is 8.14. The van der Waals surface area contributed by atoms with Crippen LogP contribution in [0.2, 0.25) is 5.02 Å². The first kappa shape index (κ1) is 15.8. The Labute approximate surface area is 127 Å². The van der Waals surface area contributed by atoms with Gasteiger partial charge in [-0.3, -0.25) is 9.58 Å². The third-order valence-electron chi connectivity index (χ3n) is 4.46. The Kier molecular flexibility index (Phi) is 5.47. The highest BCUT2D eigenvalue weighted by atomic mass is 35.5. The van der Waals surface area contributed by atoms with Crippen molar-refractivity contribution in [2.45, 2.75) is 71.1 Å². The van der Waals surface area contributed by atoms with Gasteiger partial charge in [0.2, 0.25) is 0 Å². The molecule has 0 spiro atoms. The lowest BCUT2D eigenvalue weighted by atomic mass is 9.91. The van der Waals surface area contributed by atoms with Gasteiger partial charge in [-0.25, -0.2) is 0 Å². The maximum absolute atomic E-state index is 6.48. The third-order valence-corrected chi connectivity index (χ3v) is 4.89. The van der Waals surface area contributed by atoms with E-state index in [1.54, 1.807) is 0 Å². The van der Waals surface area contributed by atoms with Gasteiger partial charge >= 0.3 is 0 Å². The number of nitrogens with zero attached hydrogens (tertiary/aromatic N) is 3. The molecule has 1 aromatic rings. The molecule has 1 saturated carbocycles. The van der Waals surface area contributed by atoms with E-state index in [1.165, 1.54) is 12.8 Å². The van der Waals surface area contributed by atoms with E-state index in [4.69, 9.17) is 17.3 Å². The van der Waals surface area contributed by atoms with Crippen molar-refractivity contribution in [2.75, 3.05) is 7.05 Å². The minimum atomic E-state index is 0.399. The van der Waals surface area contributed by atoms with Crippen LogP contribution in [-0.2, 0) is 19.5 Å². The summed E-state index contributed by atoms with van der Waals surface area (Å²) in [7, 11) is 2.19. The summed E-state index contributed by atoms with van der Waals surface area (Å²) in [4.78, 5) is 2.42. The van der Waals surface area contributed by atoms with Crippen molar-refractivity contribution in [1.82, 2.24) is 14.7 Å². The SMILES string of the molecule is CCc1nn(CC)c(CN(C)C2CCC(N)CC2)c1Cl. The largest absolute Gasteiger partial charge is 0.328 e. The van der Waals surface area contributed by atoms with Crippen molar-refractivity contribution < 1.29 is 0 Å². The smallest absolute Gasteiger partial charge is 0.0863 e. The molecule has 0 unspecified atom stereocenters. The molecule has 0 atom stereocenters. The minimum Gasteiger partial charge on any atom is -0.328 e. The quantitative estimate of drug-likeness (QED) is 0.909. The number of nitrogens with two attached hydrogens (primary N) is 1. The van der Waals surface area contributed by atoms with E-state index in [1.807, 2.05) is 4.68 Å². The third kappa shape index (κ3) is 3.35. The minimum absolute atomic E-state index is 0.399. The molecule has 0 bridgehead atoms. The lowest BCUT2D eigenvalue weighted by molar-refractivity contribution is 0.172. The van der Waals surface area contributed by atoms with Gasteiger partial charge in [0.15, 0.2) is 0 Å². The topological polar surface area (TPSA) is 47.1 Å². The highest BCUT2D eigenvalue weighted by molar-refractivity contribution is 6.31. The fourth-order valence-corrected chi connectivity index (χ4v) is 3.40. The van der Waals surface area contributed by atoms with Crippen LogP contribution in [0.5, 0.6) is 0 Å². The standard InChI is InChI=1S/C15H27ClN4/c1-4-13-15(16)14(20(5-2)18-13)10-19(3)12-8-6-11(17)7-9-12/h11-12H,4-10,17H2,1-3H3. The molecule has 0 saturated heterocycles. The molecule has 1 aliphatic carbocycles. The molecule has 20 heavy (non-hydrogen) atoms. The maximum Gasteiger partial charge on any atom is 0.0863 e. The molecule has 114 valence electrons. The number of hydrogen-bond donors (Lipinski definition) is 1. The van der Waals surface area contributed by atoms with Gasteiger partial charge in [-0.2, -0.15) is 5.10 Å². The molecule has 0 aliphatic heterocycles. The summed E-state index contributed by atoms with van der Waals surface area (Å²) in [5, 5.41) is 5.45. The van der Waals surface area contributed by atoms with Crippen LogP contribution >= 0.6 is 11.6 Å². The second kappa shape index (κ2) is 6.92. The first-order valence-electron chi connectivity index (χ1n) is 7.76. The predicted molar refractivity (Wildman–Crippen MR) is 84.0 cm³/mol. The highest BCUT2D eigenvalue weighted by Crippen LogP contribution is 2.26. The molecule has 1 heterocycles. The second-order valence-corrected chi connectivity index (χ2v) is 6.24. The Bertz CT molecular complexity index is 435. The fraction of sp³-hybridized carbons (Fsp3) is 0.800. The van der Waals surface area contributed by atoms with Crippen molar-refractivity contribution in [3.63, 3.8) is 0 Å². The summed E-state index contributed by atoms with van der Waals surface area (Å²) in [5.74, 6) is 0. The summed E-state index contributed by atoms with van der Waals surface area (Å²) in [6.45, 7) is 5.97. The van der Waals surface area contributed by atoms with Crippen LogP contribution in [0.25, 0.3) is 0 Å². The van der Waals surface area contributed by atoms with Crippen LogP contribution in [0.1, 0.15) is 50.9 Å². The Balaban J connectivity index is 2.07. The Morgan fingerprint density at radius 2 is 1.95 bits per heavy atom. The number of halogens is 1. The van der Waals surface area contributed by atoms with Gasteiger partial charge in [-0.05, 0) is 46.1 Å². The molecule has 4 nitrogen and oxygen atoms in total. The first-order chi connectivity index (χ1) is 9.56. The van der Waals surface area contributed by atoms with Gasteiger partial charge in [0.25, 0.3) is 0 Å². The number of aromatic nitrogens is 2. The molecular formula is C15H27ClN4. The zero-order chi connectivity index (χ0) is 14.7. The maximum atomic E-state index is 6.48. The van der Waals surface area contributed by atoms with Gasteiger partial charge in [0, 0.05) is 25.2 Å². The average molecular weight is 299 g/mol. The molecular weight excluding hydrogens is 272 g/mol. The van der Waals surface area contributed by atoms with E-state index in [-0.39, 0.29) is 0 Å². The monoisotopic (exact) mass is 298 g/mol. The van der Waals surface area contributed by atoms with E-state index in [9.17, 15) is 0 Å². The van der Waals surface area contributed by atoms with Crippen LogP contribution in [0, 0.1) is 0 Å². The van der Waals surface area contributed by atoms with Gasteiger partial charge in [-0.1, -0.05) is 18.5 Å². The van der Waals surface area contributed by atoms with E-state index in [2.05, 4.69) is 30.9 Å². The summed E-state index contributed by atoms with van der Waals surface area (Å²) in [6.07, 6.45) is 5.54. The molecule has 1 fully saturated rings.